The predicted molar refractivity (Wildman–Crippen MR) is 70.6 cm³/mol. The van der Waals surface area contributed by atoms with Crippen molar-refractivity contribution in [3.05, 3.63) is 0 Å². The maximum atomic E-state index is 12.5. The SMILES string of the molecule is CC(=O)NC1CCCN(C(=O)[C@H]2NCCO[C@@H]2C)C1. The van der Waals surface area contributed by atoms with Gasteiger partial charge in [0.15, 0.2) is 0 Å². The zero-order chi connectivity index (χ0) is 13.8. The molecule has 2 fully saturated rings. The van der Waals surface area contributed by atoms with Gasteiger partial charge in [0.05, 0.1) is 12.7 Å². The van der Waals surface area contributed by atoms with Crippen LogP contribution in [0.4, 0.5) is 0 Å². The van der Waals surface area contributed by atoms with Gasteiger partial charge in [0.1, 0.15) is 6.04 Å². The molecule has 0 saturated carbocycles. The Kier molecular flexibility index (Phi) is 4.76. The summed E-state index contributed by atoms with van der Waals surface area (Å²) < 4.78 is 5.51. The van der Waals surface area contributed by atoms with E-state index in [1.807, 2.05) is 11.8 Å². The van der Waals surface area contributed by atoms with E-state index in [9.17, 15) is 9.59 Å². The van der Waals surface area contributed by atoms with Crippen LogP contribution in [0.2, 0.25) is 0 Å². The van der Waals surface area contributed by atoms with Gasteiger partial charge in [-0.05, 0) is 19.8 Å². The van der Waals surface area contributed by atoms with Gasteiger partial charge in [0.25, 0.3) is 0 Å². The smallest absolute Gasteiger partial charge is 0.242 e. The molecule has 108 valence electrons. The Labute approximate surface area is 113 Å². The van der Waals surface area contributed by atoms with E-state index in [1.54, 1.807) is 0 Å². The molecule has 6 nitrogen and oxygen atoms in total. The topological polar surface area (TPSA) is 70.7 Å². The summed E-state index contributed by atoms with van der Waals surface area (Å²) in [5.74, 6) is 0.0500. The molecule has 2 saturated heterocycles. The molecule has 0 aliphatic carbocycles. The molecular weight excluding hydrogens is 246 g/mol. The molecule has 2 aliphatic heterocycles. The number of amides is 2. The first-order chi connectivity index (χ1) is 9.08. The fourth-order valence-corrected chi connectivity index (χ4v) is 2.79. The molecule has 0 aromatic rings. The van der Waals surface area contributed by atoms with Crippen LogP contribution in [-0.4, -0.2) is 61.1 Å². The average Bonchev–Trinajstić information content (AvgIpc) is 2.38. The van der Waals surface area contributed by atoms with Gasteiger partial charge in [-0.25, -0.2) is 0 Å². The molecule has 0 spiro atoms. The lowest BCUT2D eigenvalue weighted by Crippen LogP contribution is -2.59. The number of carbonyl (C=O) groups is 2. The fraction of sp³-hybridized carbons (Fsp3) is 0.846. The number of piperidine rings is 1. The first kappa shape index (κ1) is 14.3. The van der Waals surface area contributed by atoms with Crippen molar-refractivity contribution in [2.45, 2.75) is 44.9 Å². The Balaban J connectivity index is 1.92. The van der Waals surface area contributed by atoms with Gasteiger partial charge >= 0.3 is 0 Å². The third-order valence-electron chi connectivity index (χ3n) is 3.72. The van der Waals surface area contributed by atoms with Crippen LogP contribution < -0.4 is 10.6 Å². The predicted octanol–water partition coefficient (Wildman–Crippen LogP) is -0.510. The lowest BCUT2D eigenvalue weighted by atomic mass is 10.0. The van der Waals surface area contributed by atoms with E-state index in [2.05, 4.69) is 10.6 Å². The molecule has 0 aromatic carbocycles. The summed E-state index contributed by atoms with van der Waals surface area (Å²) in [6, 6.07) is -0.181. The fourth-order valence-electron chi connectivity index (χ4n) is 2.79. The van der Waals surface area contributed by atoms with E-state index in [4.69, 9.17) is 4.74 Å². The minimum atomic E-state index is -0.259. The lowest BCUT2D eigenvalue weighted by Gasteiger charge is -2.38. The monoisotopic (exact) mass is 269 g/mol. The van der Waals surface area contributed by atoms with Crippen molar-refractivity contribution in [1.29, 1.82) is 0 Å². The number of hydrogen-bond acceptors (Lipinski definition) is 4. The molecule has 2 aliphatic rings. The molecule has 0 bridgehead atoms. The number of nitrogens with one attached hydrogen (secondary N) is 2. The van der Waals surface area contributed by atoms with Crippen molar-refractivity contribution < 1.29 is 14.3 Å². The summed E-state index contributed by atoms with van der Waals surface area (Å²) >= 11 is 0. The summed E-state index contributed by atoms with van der Waals surface area (Å²) in [7, 11) is 0. The largest absolute Gasteiger partial charge is 0.375 e. The second-order valence-corrected chi connectivity index (χ2v) is 5.33. The van der Waals surface area contributed by atoms with E-state index in [0.29, 0.717) is 19.7 Å². The van der Waals surface area contributed by atoms with Gasteiger partial charge in [-0.1, -0.05) is 0 Å². The second kappa shape index (κ2) is 6.34. The Hall–Kier alpha value is -1.14. The van der Waals surface area contributed by atoms with Crippen molar-refractivity contribution in [2.75, 3.05) is 26.2 Å². The van der Waals surface area contributed by atoms with Crippen LogP contribution in [-0.2, 0) is 14.3 Å². The highest BCUT2D eigenvalue weighted by atomic mass is 16.5. The van der Waals surface area contributed by atoms with E-state index in [-0.39, 0.29) is 30.0 Å². The molecular formula is C13H23N3O3. The van der Waals surface area contributed by atoms with Crippen molar-refractivity contribution in [2.24, 2.45) is 0 Å². The van der Waals surface area contributed by atoms with Crippen LogP contribution in [0, 0.1) is 0 Å². The van der Waals surface area contributed by atoms with E-state index in [0.717, 1.165) is 19.4 Å². The molecule has 1 unspecified atom stereocenters. The first-order valence-corrected chi connectivity index (χ1v) is 6.99. The summed E-state index contributed by atoms with van der Waals surface area (Å²) in [5.41, 5.74) is 0. The highest BCUT2D eigenvalue weighted by molar-refractivity contribution is 5.83. The quantitative estimate of drug-likeness (QED) is 0.708. The average molecular weight is 269 g/mol. The second-order valence-electron chi connectivity index (χ2n) is 5.33. The molecule has 3 atom stereocenters. The summed E-state index contributed by atoms with van der Waals surface area (Å²) in [5, 5.41) is 6.11. The van der Waals surface area contributed by atoms with Gasteiger partial charge in [0.2, 0.25) is 11.8 Å². The number of morpholine rings is 1. The molecule has 0 aromatic heterocycles. The highest BCUT2D eigenvalue weighted by Crippen LogP contribution is 2.14. The molecule has 2 rings (SSSR count). The van der Waals surface area contributed by atoms with Crippen molar-refractivity contribution in [1.82, 2.24) is 15.5 Å². The maximum absolute atomic E-state index is 12.5. The van der Waals surface area contributed by atoms with Crippen LogP contribution in [0.5, 0.6) is 0 Å². The minimum absolute atomic E-state index is 0.0354. The first-order valence-electron chi connectivity index (χ1n) is 6.99. The van der Waals surface area contributed by atoms with Crippen molar-refractivity contribution >= 4 is 11.8 Å². The number of hydrogen-bond donors (Lipinski definition) is 2. The third kappa shape index (κ3) is 3.67. The van der Waals surface area contributed by atoms with Gasteiger partial charge in [0, 0.05) is 32.6 Å². The zero-order valence-corrected chi connectivity index (χ0v) is 11.6. The number of rotatable bonds is 2. The van der Waals surface area contributed by atoms with Crippen LogP contribution >= 0.6 is 0 Å². The zero-order valence-electron chi connectivity index (χ0n) is 11.6. The molecule has 0 radical (unpaired) electrons. The Morgan fingerprint density at radius 1 is 1.42 bits per heavy atom. The Morgan fingerprint density at radius 3 is 2.89 bits per heavy atom. The number of likely N-dealkylation sites (tertiary alicyclic amines) is 1. The normalized spacial score (nSPS) is 31.9. The van der Waals surface area contributed by atoms with E-state index >= 15 is 0 Å². The van der Waals surface area contributed by atoms with Gasteiger partial charge in [-0.15, -0.1) is 0 Å². The highest BCUT2D eigenvalue weighted by Gasteiger charge is 2.34. The summed E-state index contributed by atoms with van der Waals surface area (Å²) in [6.45, 7) is 6.16. The molecule has 2 N–H and O–H groups in total. The van der Waals surface area contributed by atoms with Crippen LogP contribution in [0.25, 0.3) is 0 Å². The van der Waals surface area contributed by atoms with Gasteiger partial charge in [-0.2, -0.15) is 0 Å². The molecule has 2 heterocycles. The lowest BCUT2D eigenvalue weighted by molar-refractivity contribution is -0.141. The Morgan fingerprint density at radius 2 is 2.21 bits per heavy atom. The van der Waals surface area contributed by atoms with Crippen LogP contribution in [0.15, 0.2) is 0 Å². The number of nitrogens with zero attached hydrogens (tertiary/aromatic N) is 1. The molecule has 2 amide bonds. The number of ether oxygens (including phenoxy) is 1. The number of carbonyl (C=O) groups excluding carboxylic acids is 2. The van der Waals surface area contributed by atoms with Gasteiger partial charge < -0.3 is 20.3 Å². The van der Waals surface area contributed by atoms with Crippen molar-refractivity contribution in [3.63, 3.8) is 0 Å². The molecule has 19 heavy (non-hydrogen) atoms. The van der Waals surface area contributed by atoms with Crippen LogP contribution in [0.3, 0.4) is 0 Å². The summed E-state index contributed by atoms with van der Waals surface area (Å²) in [4.78, 5) is 25.4. The van der Waals surface area contributed by atoms with E-state index < -0.39 is 0 Å². The minimum Gasteiger partial charge on any atom is -0.375 e. The summed E-state index contributed by atoms with van der Waals surface area (Å²) in [6.07, 6.45) is 1.77. The van der Waals surface area contributed by atoms with Crippen LogP contribution in [0.1, 0.15) is 26.7 Å². The third-order valence-corrected chi connectivity index (χ3v) is 3.72. The standard InChI is InChI=1S/C13H23N3O3/c1-9-12(14-5-7-19-9)13(18)16-6-3-4-11(8-16)15-10(2)17/h9,11-12,14H,3-8H2,1-2H3,(H,15,17)/t9-,11?,12+/m1/s1. The Bertz CT molecular complexity index is 348. The maximum Gasteiger partial charge on any atom is 0.242 e. The molecule has 6 heteroatoms. The van der Waals surface area contributed by atoms with E-state index in [1.165, 1.54) is 6.92 Å². The van der Waals surface area contributed by atoms with Crippen molar-refractivity contribution in [3.8, 4) is 0 Å². The van der Waals surface area contributed by atoms with Gasteiger partial charge in [-0.3, -0.25) is 9.59 Å².